The number of likely N-dealkylation sites (tertiary alicyclic amines) is 1. The van der Waals surface area contributed by atoms with Crippen LogP contribution >= 0.6 is 0 Å². The van der Waals surface area contributed by atoms with Gasteiger partial charge in [0.15, 0.2) is 5.79 Å². The number of rotatable bonds is 4. The molecule has 2 aromatic rings. The molecule has 0 N–H and O–H groups in total. The number of amides is 1. The van der Waals surface area contributed by atoms with Crippen molar-refractivity contribution in [1.82, 2.24) is 4.90 Å². The number of carbonyl (C=O) groups excluding carboxylic acids is 1. The van der Waals surface area contributed by atoms with Crippen molar-refractivity contribution < 1.29 is 27.4 Å². The molecule has 0 bridgehead atoms. The number of piperidine rings is 1. The quantitative estimate of drug-likeness (QED) is 0.623. The second kappa shape index (κ2) is 9.32. The van der Waals surface area contributed by atoms with E-state index < -0.39 is 21.2 Å². The summed E-state index contributed by atoms with van der Waals surface area (Å²) in [7, 11) is -3.61. The van der Waals surface area contributed by atoms with Gasteiger partial charge in [-0.25, -0.2) is 13.2 Å². The number of sulfone groups is 1. The predicted molar refractivity (Wildman–Crippen MR) is 127 cm³/mol. The molecule has 34 heavy (non-hydrogen) atoms. The largest absolute Gasteiger partial charge is 0.444 e. The molecule has 8 heteroatoms. The second-order valence-electron chi connectivity index (χ2n) is 9.95. The van der Waals surface area contributed by atoms with E-state index in [-0.39, 0.29) is 21.8 Å². The van der Waals surface area contributed by atoms with E-state index in [1.807, 2.05) is 27.7 Å². The van der Waals surface area contributed by atoms with Crippen LogP contribution in [0, 0.1) is 12.8 Å². The monoisotopic (exact) mass is 487 g/mol. The third-order valence-electron chi connectivity index (χ3n) is 6.30. The van der Waals surface area contributed by atoms with E-state index in [0.717, 1.165) is 11.1 Å². The molecule has 0 aromatic heterocycles. The Labute approximate surface area is 201 Å². The van der Waals surface area contributed by atoms with Gasteiger partial charge in [0.1, 0.15) is 5.60 Å². The number of ether oxygens (including phenoxy) is 3. The Balaban J connectivity index is 1.52. The van der Waals surface area contributed by atoms with Gasteiger partial charge in [-0.2, -0.15) is 0 Å². The Morgan fingerprint density at radius 1 is 0.941 bits per heavy atom. The van der Waals surface area contributed by atoms with Gasteiger partial charge in [0.05, 0.1) is 23.0 Å². The van der Waals surface area contributed by atoms with Crippen LogP contribution in [0.2, 0.25) is 0 Å². The molecule has 2 aromatic carbocycles. The third-order valence-corrected chi connectivity index (χ3v) is 8.08. The molecule has 2 heterocycles. The van der Waals surface area contributed by atoms with Crippen LogP contribution < -0.4 is 0 Å². The Bertz CT molecular complexity index is 1110. The Morgan fingerprint density at radius 3 is 1.94 bits per heavy atom. The lowest BCUT2D eigenvalue weighted by Crippen LogP contribution is -2.47. The molecule has 0 unspecified atom stereocenters. The summed E-state index contributed by atoms with van der Waals surface area (Å²) in [5, 5.41) is 0. The van der Waals surface area contributed by atoms with Gasteiger partial charge in [-0.05, 0) is 64.8 Å². The van der Waals surface area contributed by atoms with E-state index in [4.69, 9.17) is 14.2 Å². The molecule has 2 aliphatic rings. The summed E-state index contributed by atoms with van der Waals surface area (Å²) in [5.74, 6) is -0.903. The van der Waals surface area contributed by atoms with Crippen molar-refractivity contribution in [2.24, 2.45) is 5.92 Å². The van der Waals surface area contributed by atoms with Crippen LogP contribution in [-0.4, -0.2) is 51.3 Å². The molecule has 4 rings (SSSR count). The van der Waals surface area contributed by atoms with Crippen LogP contribution in [-0.2, 0) is 29.8 Å². The molecule has 0 saturated carbocycles. The van der Waals surface area contributed by atoms with E-state index >= 15 is 0 Å². The Hall–Kier alpha value is -2.42. The van der Waals surface area contributed by atoms with Gasteiger partial charge in [-0.15, -0.1) is 0 Å². The molecule has 2 saturated heterocycles. The molecule has 0 aliphatic carbocycles. The number of hydrogen-bond acceptors (Lipinski definition) is 6. The van der Waals surface area contributed by atoms with Gasteiger partial charge in [0.25, 0.3) is 0 Å². The fraction of sp³-hybridized carbons (Fsp3) is 0.500. The van der Waals surface area contributed by atoms with Gasteiger partial charge < -0.3 is 19.1 Å². The summed E-state index contributed by atoms with van der Waals surface area (Å²) in [6.45, 7) is 9.53. The first-order valence-electron chi connectivity index (χ1n) is 11.7. The first-order chi connectivity index (χ1) is 16.0. The van der Waals surface area contributed by atoms with Crippen LogP contribution in [0.25, 0.3) is 0 Å². The lowest BCUT2D eigenvalue weighted by Gasteiger charge is -2.41. The van der Waals surface area contributed by atoms with Crippen molar-refractivity contribution in [3.63, 3.8) is 0 Å². The van der Waals surface area contributed by atoms with Gasteiger partial charge in [-0.1, -0.05) is 29.8 Å². The van der Waals surface area contributed by atoms with Gasteiger partial charge in [-0.3, -0.25) is 0 Å². The van der Waals surface area contributed by atoms with E-state index in [1.165, 1.54) is 0 Å². The highest BCUT2D eigenvalue weighted by Crippen LogP contribution is 2.44. The zero-order valence-corrected chi connectivity index (χ0v) is 21.1. The second-order valence-corrected chi connectivity index (χ2v) is 11.9. The molecule has 0 radical (unpaired) electrons. The highest BCUT2D eigenvalue weighted by Gasteiger charge is 2.47. The average Bonchev–Trinajstić information content (AvgIpc) is 3.30. The molecule has 2 aliphatic heterocycles. The number of hydrogen-bond donors (Lipinski definition) is 0. The van der Waals surface area contributed by atoms with Crippen molar-refractivity contribution in [2.45, 2.75) is 61.7 Å². The average molecular weight is 488 g/mol. The maximum absolute atomic E-state index is 13.0. The van der Waals surface area contributed by atoms with Crippen molar-refractivity contribution in [3.8, 4) is 0 Å². The molecule has 2 fully saturated rings. The SMILES string of the molecule is Cc1ccc(S(=O)(=O)c2ccc(C3(C4CCN(C(=O)OC(C)(C)C)CC4)OCCO3)cc2)cc1. The summed E-state index contributed by atoms with van der Waals surface area (Å²) in [6, 6.07) is 13.6. The van der Waals surface area contributed by atoms with Crippen LogP contribution in [0.5, 0.6) is 0 Å². The number of benzene rings is 2. The van der Waals surface area contributed by atoms with Gasteiger partial charge >= 0.3 is 6.09 Å². The Morgan fingerprint density at radius 2 is 1.44 bits per heavy atom. The maximum Gasteiger partial charge on any atom is 0.410 e. The van der Waals surface area contributed by atoms with Gasteiger partial charge in [0, 0.05) is 24.6 Å². The van der Waals surface area contributed by atoms with E-state index in [1.54, 1.807) is 53.4 Å². The lowest BCUT2D eigenvalue weighted by molar-refractivity contribution is -0.213. The minimum atomic E-state index is -3.61. The molecule has 0 atom stereocenters. The van der Waals surface area contributed by atoms with E-state index in [9.17, 15) is 13.2 Å². The third kappa shape index (κ3) is 4.99. The fourth-order valence-electron chi connectivity index (χ4n) is 4.55. The van der Waals surface area contributed by atoms with Crippen LogP contribution in [0.4, 0.5) is 4.79 Å². The molecular weight excluding hydrogens is 454 g/mol. The maximum atomic E-state index is 13.0. The molecule has 1 amide bonds. The normalized spacial score (nSPS) is 19.2. The lowest BCUT2D eigenvalue weighted by atomic mass is 9.84. The first-order valence-corrected chi connectivity index (χ1v) is 13.2. The minimum Gasteiger partial charge on any atom is -0.444 e. The first kappa shape index (κ1) is 24.7. The zero-order chi connectivity index (χ0) is 24.6. The minimum absolute atomic E-state index is 0.0354. The summed E-state index contributed by atoms with van der Waals surface area (Å²) < 4.78 is 43.9. The van der Waals surface area contributed by atoms with Crippen LogP contribution in [0.1, 0.15) is 44.7 Å². The highest BCUT2D eigenvalue weighted by molar-refractivity contribution is 7.91. The summed E-state index contributed by atoms with van der Waals surface area (Å²) >= 11 is 0. The predicted octanol–water partition coefficient (Wildman–Crippen LogP) is 4.67. The number of carbonyl (C=O) groups is 1. The molecule has 184 valence electrons. The number of nitrogens with zero attached hydrogens (tertiary/aromatic N) is 1. The van der Waals surface area contributed by atoms with Crippen LogP contribution in [0.15, 0.2) is 58.3 Å². The zero-order valence-electron chi connectivity index (χ0n) is 20.2. The highest BCUT2D eigenvalue weighted by atomic mass is 32.2. The molecule has 7 nitrogen and oxygen atoms in total. The van der Waals surface area contributed by atoms with E-state index in [0.29, 0.717) is 39.1 Å². The van der Waals surface area contributed by atoms with Crippen LogP contribution in [0.3, 0.4) is 0 Å². The number of aryl methyl sites for hydroxylation is 1. The standard InChI is InChI=1S/C26H33NO6S/c1-19-5-9-22(10-6-19)34(29,30)23-11-7-20(8-12-23)26(31-17-18-32-26)21-13-15-27(16-14-21)24(28)33-25(2,3)4/h5-12,21H,13-18H2,1-4H3. The van der Waals surface area contributed by atoms with Crippen molar-refractivity contribution >= 4 is 15.9 Å². The van der Waals surface area contributed by atoms with E-state index in [2.05, 4.69) is 0 Å². The summed E-state index contributed by atoms with van der Waals surface area (Å²) in [4.78, 5) is 14.7. The summed E-state index contributed by atoms with van der Waals surface area (Å²) in [6.07, 6.45) is 1.09. The van der Waals surface area contributed by atoms with Crippen molar-refractivity contribution in [2.75, 3.05) is 26.3 Å². The van der Waals surface area contributed by atoms with Crippen molar-refractivity contribution in [3.05, 3.63) is 59.7 Å². The molecular formula is C26H33NO6S. The topological polar surface area (TPSA) is 82.1 Å². The van der Waals surface area contributed by atoms with Gasteiger partial charge in [0.2, 0.25) is 9.84 Å². The van der Waals surface area contributed by atoms with Crippen molar-refractivity contribution in [1.29, 1.82) is 0 Å². The smallest absolute Gasteiger partial charge is 0.410 e. The molecule has 0 spiro atoms. The Kier molecular flexibility index (Phi) is 6.77. The fourth-order valence-corrected chi connectivity index (χ4v) is 5.82. The summed E-state index contributed by atoms with van der Waals surface area (Å²) in [5.41, 5.74) is 1.26.